The zero-order valence-electron chi connectivity index (χ0n) is 16.0. The monoisotopic (exact) mass is 382 g/mol. The number of aryl methyl sites for hydroxylation is 2. The molecule has 0 bridgehead atoms. The highest BCUT2D eigenvalue weighted by atomic mass is 16.1. The van der Waals surface area contributed by atoms with E-state index in [2.05, 4.69) is 20.6 Å². The van der Waals surface area contributed by atoms with E-state index in [9.17, 15) is 4.79 Å². The molecule has 144 valence electrons. The fourth-order valence-corrected chi connectivity index (χ4v) is 4.01. The van der Waals surface area contributed by atoms with Crippen LogP contribution in [0, 0.1) is 0 Å². The number of carbonyl (C=O) groups excluding carboxylic acids is 1. The highest BCUT2D eigenvalue weighted by Crippen LogP contribution is 2.34. The third-order valence-corrected chi connectivity index (χ3v) is 5.45. The third kappa shape index (κ3) is 3.47. The van der Waals surface area contributed by atoms with Crippen molar-refractivity contribution in [2.75, 3.05) is 10.6 Å². The Labute approximate surface area is 169 Å². The molecule has 0 fully saturated rings. The van der Waals surface area contributed by atoms with Gasteiger partial charge in [-0.3, -0.25) is 4.79 Å². The van der Waals surface area contributed by atoms with E-state index in [-0.39, 0.29) is 5.91 Å². The summed E-state index contributed by atoms with van der Waals surface area (Å²) in [6.45, 7) is 0. The van der Waals surface area contributed by atoms with Crippen LogP contribution in [0.15, 0.2) is 66.9 Å². The molecule has 1 amide bonds. The molecule has 2 aromatic heterocycles. The molecule has 5 nitrogen and oxygen atoms in total. The van der Waals surface area contributed by atoms with Gasteiger partial charge in [0.15, 0.2) is 0 Å². The van der Waals surface area contributed by atoms with E-state index < -0.39 is 0 Å². The lowest BCUT2D eigenvalue weighted by molar-refractivity contribution is 0.102. The summed E-state index contributed by atoms with van der Waals surface area (Å²) in [5.74, 6) is -0.110. The van der Waals surface area contributed by atoms with Crippen LogP contribution >= 0.6 is 0 Å². The molecule has 0 aliphatic heterocycles. The lowest BCUT2D eigenvalue weighted by Crippen LogP contribution is -2.11. The summed E-state index contributed by atoms with van der Waals surface area (Å²) < 4.78 is 0. The van der Waals surface area contributed by atoms with E-state index >= 15 is 0 Å². The summed E-state index contributed by atoms with van der Waals surface area (Å²) in [5, 5.41) is 7.65. The van der Waals surface area contributed by atoms with Crippen LogP contribution in [-0.2, 0) is 12.8 Å². The van der Waals surface area contributed by atoms with Crippen molar-refractivity contribution in [2.45, 2.75) is 25.7 Å². The van der Waals surface area contributed by atoms with Crippen molar-refractivity contribution in [3.8, 4) is 0 Å². The number of aromatic amines is 1. The van der Waals surface area contributed by atoms with E-state index in [1.165, 1.54) is 29.5 Å². The van der Waals surface area contributed by atoms with Gasteiger partial charge in [-0.15, -0.1) is 0 Å². The molecular formula is C24H22N4O. The number of benzene rings is 2. The Morgan fingerprint density at radius 3 is 2.48 bits per heavy atom. The van der Waals surface area contributed by atoms with Crippen LogP contribution in [0.4, 0.5) is 17.1 Å². The first-order chi connectivity index (χ1) is 14.3. The van der Waals surface area contributed by atoms with Crippen LogP contribution in [0.5, 0.6) is 0 Å². The highest BCUT2D eigenvalue weighted by molar-refractivity contribution is 6.04. The zero-order valence-corrected chi connectivity index (χ0v) is 16.0. The van der Waals surface area contributed by atoms with Crippen molar-refractivity contribution in [3.05, 3.63) is 83.7 Å². The molecule has 5 rings (SSSR count). The summed E-state index contributed by atoms with van der Waals surface area (Å²) >= 11 is 0. The van der Waals surface area contributed by atoms with Gasteiger partial charge in [0.25, 0.3) is 5.91 Å². The van der Waals surface area contributed by atoms with Gasteiger partial charge < -0.3 is 15.6 Å². The van der Waals surface area contributed by atoms with E-state index in [1.807, 2.05) is 54.7 Å². The van der Waals surface area contributed by atoms with Crippen LogP contribution < -0.4 is 10.6 Å². The van der Waals surface area contributed by atoms with Gasteiger partial charge >= 0.3 is 0 Å². The number of aromatic nitrogens is 2. The number of fused-ring (bicyclic) bond motifs is 3. The van der Waals surface area contributed by atoms with Gasteiger partial charge in [0.1, 0.15) is 5.65 Å². The topological polar surface area (TPSA) is 69.8 Å². The van der Waals surface area contributed by atoms with Crippen molar-refractivity contribution in [1.29, 1.82) is 0 Å². The van der Waals surface area contributed by atoms with Gasteiger partial charge in [0, 0.05) is 34.2 Å². The van der Waals surface area contributed by atoms with Crippen molar-refractivity contribution >= 4 is 34.0 Å². The first-order valence-electron chi connectivity index (χ1n) is 10.00. The Morgan fingerprint density at radius 2 is 1.66 bits per heavy atom. The van der Waals surface area contributed by atoms with Crippen LogP contribution in [0.1, 0.15) is 34.5 Å². The van der Waals surface area contributed by atoms with Crippen LogP contribution in [0.3, 0.4) is 0 Å². The minimum absolute atomic E-state index is 0.110. The predicted octanol–water partition coefficient (Wildman–Crippen LogP) is 5.44. The molecule has 0 saturated heterocycles. The first kappa shape index (κ1) is 17.5. The fourth-order valence-electron chi connectivity index (χ4n) is 4.01. The highest BCUT2D eigenvalue weighted by Gasteiger charge is 2.18. The van der Waals surface area contributed by atoms with Crippen LogP contribution in [0.25, 0.3) is 11.0 Å². The van der Waals surface area contributed by atoms with E-state index in [0.29, 0.717) is 5.56 Å². The quantitative estimate of drug-likeness (QED) is 0.440. The molecular weight excluding hydrogens is 360 g/mol. The van der Waals surface area contributed by atoms with Gasteiger partial charge in [-0.25, -0.2) is 4.98 Å². The van der Waals surface area contributed by atoms with Gasteiger partial charge in [0.05, 0.1) is 5.69 Å². The molecule has 4 aromatic rings. The summed E-state index contributed by atoms with van der Waals surface area (Å²) in [5.41, 5.74) is 7.13. The SMILES string of the molecule is O=C(Nc1ccc(Nc2ccnc3[nH]c4c(c23)CCCC4)cc1)c1ccccc1. The van der Waals surface area contributed by atoms with E-state index in [4.69, 9.17) is 0 Å². The molecule has 0 radical (unpaired) electrons. The molecule has 5 heteroatoms. The standard InChI is InChI=1S/C24H22N4O/c29-24(16-6-2-1-3-7-16)27-18-12-10-17(11-13-18)26-21-14-15-25-23-22(21)19-8-4-5-9-20(19)28-23/h1-3,6-7,10-15H,4-5,8-9H2,(H,27,29)(H2,25,26,28). The number of hydrogen-bond donors (Lipinski definition) is 3. The number of amides is 1. The molecule has 29 heavy (non-hydrogen) atoms. The smallest absolute Gasteiger partial charge is 0.255 e. The molecule has 2 heterocycles. The lowest BCUT2D eigenvalue weighted by atomic mass is 9.95. The van der Waals surface area contributed by atoms with Crippen molar-refractivity contribution in [2.24, 2.45) is 0 Å². The average molecular weight is 382 g/mol. The van der Waals surface area contributed by atoms with Crippen LogP contribution in [-0.4, -0.2) is 15.9 Å². The number of nitrogens with one attached hydrogen (secondary N) is 3. The lowest BCUT2D eigenvalue weighted by Gasteiger charge is -2.13. The Morgan fingerprint density at radius 1 is 0.897 bits per heavy atom. The molecule has 1 aliphatic rings. The second-order valence-corrected chi connectivity index (χ2v) is 7.39. The predicted molar refractivity (Wildman–Crippen MR) is 117 cm³/mol. The Hall–Kier alpha value is -3.60. The minimum atomic E-state index is -0.110. The second-order valence-electron chi connectivity index (χ2n) is 7.39. The Balaban J connectivity index is 1.36. The van der Waals surface area contributed by atoms with E-state index in [1.54, 1.807) is 12.1 Å². The molecule has 1 aliphatic carbocycles. The number of pyridine rings is 1. The maximum atomic E-state index is 12.3. The summed E-state index contributed by atoms with van der Waals surface area (Å²) in [6.07, 6.45) is 6.49. The summed E-state index contributed by atoms with van der Waals surface area (Å²) in [6, 6.07) is 19.0. The van der Waals surface area contributed by atoms with Gasteiger partial charge in [-0.2, -0.15) is 0 Å². The molecule has 0 spiro atoms. The number of carbonyl (C=O) groups is 1. The fraction of sp³-hybridized carbons (Fsp3) is 0.167. The van der Waals surface area contributed by atoms with Gasteiger partial charge in [0.2, 0.25) is 0 Å². The molecule has 0 saturated carbocycles. The number of hydrogen-bond acceptors (Lipinski definition) is 3. The molecule has 0 unspecified atom stereocenters. The normalized spacial score (nSPS) is 13.1. The Bertz CT molecular complexity index is 1160. The summed E-state index contributed by atoms with van der Waals surface area (Å²) in [4.78, 5) is 20.3. The molecule has 3 N–H and O–H groups in total. The average Bonchev–Trinajstić information content (AvgIpc) is 3.15. The van der Waals surface area contributed by atoms with Crippen LogP contribution in [0.2, 0.25) is 0 Å². The Kier molecular flexibility index (Phi) is 4.48. The number of anilines is 3. The number of nitrogens with zero attached hydrogens (tertiary/aromatic N) is 1. The number of rotatable bonds is 4. The maximum absolute atomic E-state index is 12.3. The first-order valence-corrected chi connectivity index (χ1v) is 10.00. The van der Waals surface area contributed by atoms with Gasteiger partial charge in [-0.05, 0) is 73.7 Å². The molecule has 2 aromatic carbocycles. The third-order valence-electron chi connectivity index (χ3n) is 5.45. The van der Waals surface area contributed by atoms with Crippen molar-refractivity contribution < 1.29 is 4.79 Å². The second kappa shape index (κ2) is 7.43. The van der Waals surface area contributed by atoms with Gasteiger partial charge in [-0.1, -0.05) is 18.2 Å². The maximum Gasteiger partial charge on any atom is 0.255 e. The van der Waals surface area contributed by atoms with Crippen molar-refractivity contribution in [1.82, 2.24) is 9.97 Å². The zero-order chi connectivity index (χ0) is 19.6. The van der Waals surface area contributed by atoms with Crippen molar-refractivity contribution in [3.63, 3.8) is 0 Å². The molecule has 0 atom stereocenters. The van der Waals surface area contributed by atoms with E-state index in [0.717, 1.165) is 35.6 Å². The minimum Gasteiger partial charge on any atom is -0.355 e. The number of H-pyrrole nitrogens is 1. The summed E-state index contributed by atoms with van der Waals surface area (Å²) in [7, 11) is 0. The largest absolute Gasteiger partial charge is 0.355 e.